The monoisotopic (exact) mass is 428 g/mol. The summed E-state index contributed by atoms with van der Waals surface area (Å²) < 4.78 is 11.3. The molecule has 4 rings (SSSR count). The molecule has 0 bridgehead atoms. The molecule has 0 aromatic heterocycles. The van der Waals surface area contributed by atoms with E-state index in [1.807, 2.05) is 29.2 Å². The standard InChI is InChI=1S/C23H25ClN2O4/c1-29-21-14-18(6-9-20(21)30-15-16-2-7-19(24)8-3-16)23(28)26-12-10-25(11-13-26)22(27)17-4-5-17/h2-3,6-9,14,17H,4-5,10-13,15H2,1H3. The molecule has 2 amide bonds. The highest BCUT2D eigenvalue weighted by atomic mass is 35.5. The number of ether oxygens (including phenoxy) is 2. The molecule has 2 aliphatic rings. The third kappa shape index (κ3) is 4.70. The Morgan fingerprint density at radius 2 is 1.63 bits per heavy atom. The minimum absolute atomic E-state index is 0.0592. The molecule has 2 aromatic rings. The first kappa shape index (κ1) is 20.5. The van der Waals surface area contributed by atoms with Gasteiger partial charge in [0.05, 0.1) is 7.11 Å². The number of halogens is 1. The lowest BCUT2D eigenvalue weighted by atomic mass is 10.1. The zero-order valence-corrected chi connectivity index (χ0v) is 17.7. The van der Waals surface area contributed by atoms with Crippen molar-refractivity contribution in [3.63, 3.8) is 0 Å². The molecule has 1 aliphatic heterocycles. The van der Waals surface area contributed by atoms with Crippen LogP contribution < -0.4 is 9.47 Å². The molecule has 0 radical (unpaired) electrons. The lowest BCUT2D eigenvalue weighted by molar-refractivity contribution is -0.134. The minimum atomic E-state index is -0.0592. The predicted molar refractivity (Wildman–Crippen MR) is 114 cm³/mol. The summed E-state index contributed by atoms with van der Waals surface area (Å²) >= 11 is 5.91. The van der Waals surface area contributed by atoms with Gasteiger partial charge in [0, 0.05) is 42.7 Å². The zero-order chi connectivity index (χ0) is 21.1. The number of carbonyl (C=O) groups is 2. The van der Waals surface area contributed by atoms with Gasteiger partial charge in [0.25, 0.3) is 5.91 Å². The quantitative estimate of drug-likeness (QED) is 0.705. The van der Waals surface area contributed by atoms with Crippen LogP contribution in [0.2, 0.25) is 5.02 Å². The largest absolute Gasteiger partial charge is 0.493 e. The molecule has 6 nitrogen and oxygen atoms in total. The summed E-state index contributed by atoms with van der Waals surface area (Å²) in [7, 11) is 1.56. The van der Waals surface area contributed by atoms with Gasteiger partial charge in [-0.3, -0.25) is 9.59 Å². The summed E-state index contributed by atoms with van der Waals surface area (Å²) in [6.07, 6.45) is 2.01. The van der Waals surface area contributed by atoms with Crippen molar-refractivity contribution < 1.29 is 19.1 Å². The van der Waals surface area contributed by atoms with Gasteiger partial charge in [0.15, 0.2) is 11.5 Å². The summed E-state index contributed by atoms with van der Waals surface area (Å²) in [6.45, 7) is 2.67. The molecule has 1 aliphatic carbocycles. The summed E-state index contributed by atoms with van der Waals surface area (Å²) in [5, 5.41) is 0.678. The number of piperazine rings is 1. The van der Waals surface area contributed by atoms with Crippen molar-refractivity contribution in [2.24, 2.45) is 5.92 Å². The molecular formula is C23H25ClN2O4. The number of nitrogens with zero attached hydrogens (tertiary/aromatic N) is 2. The van der Waals surface area contributed by atoms with Crippen LogP contribution in [0, 0.1) is 5.92 Å². The molecule has 0 N–H and O–H groups in total. The van der Waals surface area contributed by atoms with Crippen LogP contribution in [0.4, 0.5) is 0 Å². The summed E-state index contributed by atoms with van der Waals surface area (Å²) in [6, 6.07) is 12.7. The van der Waals surface area contributed by atoms with E-state index in [9.17, 15) is 9.59 Å². The van der Waals surface area contributed by atoms with Crippen LogP contribution in [0.3, 0.4) is 0 Å². The number of carbonyl (C=O) groups excluding carboxylic acids is 2. The molecule has 0 spiro atoms. The van der Waals surface area contributed by atoms with Gasteiger partial charge in [0.2, 0.25) is 5.91 Å². The maximum absolute atomic E-state index is 12.9. The molecule has 0 unspecified atom stereocenters. The van der Waals surface area contributed by atoms with Crippen LogP contribution in [-0.2, 0) is 11.4 Å². The van der Waals surface area contributed by atoms with E-state index in [0.717, 1.165) is 18.4 Å². The lowest BCUT2D eigenvalue weighted by Gasteiger charge is -2.35. The molecule has 1 saturated carbocycles. The van der Waals surface area contributed by atoms with Crippen molar-refractivity contribution in [1.29, 1.82) is 0 Å². The van der Waals surface area contributed by atoms with Crippen LogP contribution in [-0.4, -0.2) is 54.9 Å². The molecule has 158 valence electrons. The van der Waals surface area contributed by atoms with Crippen molar-refractivity contribution in [3.8, 4) is 11.5 Å². The second-order valence-corrected chi connectivity index (χ2v) is 8.11. The minimum Gasteiger partial charge on any atom is -0.493 e. The van der Waals surface area contributed by atoms with Gasteiger partial charge >= 0.3 is 0 Å². The maximum Gasteiger partial charge on any atom is 0.254 e. The first-order valence-electron chi connectivity index (χ1n) is 10.2. The number of amides is 2. The van der Waals surface area contributed by atoms with Crippen LogP contribution >= 0.6 is 11.6 Å². The number of benzene rings is 2. The van der Waals surface area contributed by atoms with Crippen LogP contribution in [0.5, 0.6) is 11.5 Å². The van der Waals surface area contributed by atoms with Gasteiger partial charge in [-0.25, -0.2) is 0 Å². The Morgan fingerprint density at radius 1 is 0.967 bits per heavy atom. The Hall–Kier alpha value is -2.73. The topological polar surface area (TPSA) is 59.1 Å². The van der Waals surface area contributed by atoms with E-state index in [1.165, 1.54) is 0 Å². The third-order valence-electron chi connectivity index (χ3n) is 5.52. The Balaban J connectivity index is 1.37. The highest BCUT2D eigenvalue weighted by Gasteiger charge is 2.35. The molecule has 1 heterocycles. The van der Waals surface area contributed by atoms with Gasteiger partial charge in [-0.15, -0.1) is 0 Å². The SMILES string of the molecule is COc1cc(C(=O)N2CCN(C(=O)C3CC3)CC2)ccc1OCc1ccc(Cl)cc1. The molecular weight excluding hydrogens is 404 g/mol. The van der Waals surface area contributed by atoms with Crippen LogP contribution in [0.15, 0.2) is 42.5 Å². The van der Waals surface area contributed by atoms with Crippen molar-refractivity contribution in [2.75, 3.05) is 33.3 Å². The summed E-state index contributed by atoms with van der Waals surface area (Å²) in [5.74, 6) is 1.49. The summed E-state index contributed by atoms with van der Waals surface area (Å²) in [5.41, 5.74) is 1.54. The van der Waals surface area contributed by atoms with Crippen molar-refractivity contribution in [3.05, 3.63) is 58.6 Å². The Labute approximate surface area is 181 Å². The second-order valence-electron chi connectivity index (χ2n) is 7.67. The van der Waals surface area contributed by atoms with E-state index in [0.29, 0.717) is 54.9 Å². The fourth-order valence-electron chi connectivity index (χ4n) is 3.56. The molecule has 0 atom stereocenters. The fraction of sp³-hybridized carbons (Fsp3) is 0.391. The predicted octanol–water partition coefficient (Wildman–Crippen LogP) is 3.62. The highest BCUT2D eigenvalue weighted by molar-refractivity contribution is 6.30. The Morgan fingerprint density at radius 3 is 2.27 bits per heavy atom. The van der Waals surface area contributed by atoms with Crippen molar-refractivity contribution in [2.45, 2.75) is 19.4 Å². The zero-order valence-electron chi connectivity index (χ0n) is 17.0. The van der Waals surface area contributed by atoms with E-state index in [1.54, 1.807) is 30.2 Å². The van der Waals surface area contributed by atoms with Gasteiger partial charge in [0.1, 0.15) is 6.61 Å². The highest BCUT2D eigenvalue weighted by Crippen LogP contribution is 2.32. The molecule has 7 heteroatoms. The van der Waals surface area contributed by atoms with E-state index < -0.39 is 0 Å². The average Bonchev–Trinajstić information content (AvgIpc) is 3.63. The third-order valence-corrected chi connectivity index (χ3v) is 5.78. The Kier molecular flexibility index (Phi) is 6.13. The summed E-state index contributed by atoms with van der Waals surface area (Å²) in [4.78, 5) is 28.8. The van der Waals surface area contributed by atoms with Crippen molar-refractivity contribution in [1.82, 2.24) is 9.80 Å². The fourth-order valence-corrected chi connectivity index (χ4v) is 3.69. The van der Waals surface area contributed by atoms with Gasteiger partial charge in [-0.1, -0.05) is 23.7 Å². The molecule has 1 saturated heterocycles. The Bertz CT molecular complexity index is 919. The maximum atomic E-state index is 12.9. The number of methoxy groups -OCH3 is 1. The van der Waals surface area contributed by atoms with Crippen LogP contribution in [0.1, 0.15) is 28.8 Å². The average molecular weight is 429 g/mol. The van der Waals surface area contributed by atoms with E-state index in [4.69, 9.17) is 21.1 Å². The van der Waals surface area contributed by atoms with Crippen molar-refractivity contribution >= 4 is 23.4 Å². The molecule has 2 fully saturated rings. The lowest BCUT2D eigenvalue weighted by Crippen LogP contribution is -2.51. The molecule has 2 aromatic carbocycles. The van der Waals surface area contributed by atoms with Crippen LogP contribution in [0.25, 0.3) is 0 Å². The first-order valence-corrected chi connectivity index (χ1v) is 10.6. The van der Waals surface area contributed by atoms with E-state index in [-0.39, 0.29) is 17.7 Å². The second kappa shape index (κ2) is 8.96. The van der Waals surface area contributed by atoms with Gasteiger partial charge in [-0.05, 0) is 48.7 Å². The number of hydrogen-bond acceptors (Lipinski definition) is 4. The van der Waals surface area contributed by atoms with Gasteiger partial charge < -0.3 is 19.3 Å². The smallest absolute Gasteiger partial charge is 0.254 e. The first-order chi connectivity index (χ1) is 14.5. The van der Waals surface area contributed by atoms with Gasteiger partial charge in [-0.2, -0.15) is 0 Å². The van der Waals surface area contributed by atoms with E-state index in [2.05, 4.69) is 0 Å². The number of rotatable bonds is 6. The molecule has 30 heavy (non-hydrogen) atoms. The van der Waals surface area contributed by atoms with E-state index >= 15 is 0 Å². The number of hydrogen-bond donors (Lipinski definition) is 0. The normalized spacial score (nSPS) is 16.3.